The Morgan fingerprint density at radius 1 is 1.04 bits per heavy atom. The fourth-order valence-electron chi connectivity index (χ4n) is 3.11. The Kier molecular flexibility index (Phi) is 5.39. The highest BCUT2D eigenvalue weighted by Gasteiger charge is 2.36. The smallest absolute Gasteiger partial charge is 0.126 e. The van der Waals surface area contributed by atoms with Gasteiger partial charge in [0.15, 0.2) is 0 Å². The van der Waals surface area contributed by atoms with Crippen molar-refractivity contribution in [1.82, 2.24) is 0 Å². The Balaban J connectivity index is 1.72. The van der Waals surface area contributed by atoms with Crippen LogP contribution < -0.4 is 0 Å². The van der Waals surface area contributed by atoms with Crippen molar-refractivity contribution in [3.63, 3.8) is 0 Å². The summed E-state index contributed by atoms with van der Waals surface area (Å²) in [5.74, 6) is -0.636. The number of halogens is 1. The fraction of sp³-hybridized carbons (Fsp3) is 0.368. The van der Waals surface area contributed by atoms with E-state index < -0.39 is 0 Å². The highest BCUT2D eigenvalue weighted by Crippen LogP contribution is 2.34. The molecule has 1 aliphatic rings. The Morgan fingerprint density at radius 2 is 1.78 bits per heavy atom. The van der Waals surface area contributed by atoms with Gasteiger partial charge in [-0.15, -0.1) is 0 Å². The molecule has 1 saturated heterocycles. The highest BCUT2D eigenvalue weighted by atomic mass is 19.1. The van der Waals surface area contributed by atoms with Crippen LogP contribution in [0.4, 0.5) is 4.39 Å². The average molecular weight is 316 g/mol. The molecule has 0 bridgehead atoms. The molecule has 2 aromatic rings. The summed E-state index contributed by atoms with van der Waals surface area (Å²) >= 11 is 0. The van der Waals surface area contributed by atoms with Gasteiger partial charge in [0, 0.05) is 18.4 Å². The van der Waals surface area contributed by atoms with Gasteiger partial charge in [-0.25, -0.2) is 4.39 Å². The number of rotatable bonds is 5. The lowest BCUT2D eigenvalue weighted by molar-refractivity contribution is -0.112. The Morgan fingerprint density at radius 3 is 2.52 bits per heavy atom. The number of ether oxygens (including phenoxy) is 2. The minimum Gasteiger partial charge on any atom is -0.396 e. The van der Waals surface area contributed by atoms with Crippen LogP contribution in [0.5, 0.6) is 0 Å². The molecule has 3 unspecified atom stereocenters. The van der Waals surface area contributed by atoms with Crippen molar-refractivity contribution in [2.45, 2.75) is 18.6 Å². The molecule has 0 spiro atoms. The summed E-state index contributed by atoms with van der Waals surface area (Å²) in [6.45, 7) is 1.22. The topological polar surface area (TPSA) is 38.7 Å². The summed E-state index contributed by atoms with van der Waals surface area (Å²) in [7, 11) is 0. The van der Waals surface area contributed by atoms with Crippen LogP contribution in [0.3, 0.4) is 0 Å². The van der Waals surface area contributed by atoms with Crippen LogP contribution in [0, 0.1) is 11.7 Å². The summed E-state index contributed by atoms with van der Waals surface area (Å²) in [5.41, 5.74) is 1.65. The van der Waals surface area contributed by atoms with Gasteiger partial charge < -0.3 is 14.6 Å². The van der Waals surface area contributed by atoms with Crippen molar-refractivity contribution in [3.8, 4) is 0 Å². The number of aliphatic hydroxyl groups excluding tert-OH is 1. The van der Waals surface area contributed by atoms with Crippen molar-refractivity contribution in [3.05, 3.63) is 71.5 Å². The van der Waals surface area contributed by atoms with Crippen molar-refractivity contribution >= 4 is 0 Å². The van der Waals surface area contributed by atoms with Crippen LogP contribution in [0.25, 0.3) is 0 Å². The second-order valence-corrected chi connectivity index (χ2v) is 5.85. The maximum Gasteiger partial charge on any atom is 0.126 e. The molecule has 1 aliphatic heterocycles. The van der Waals surface area contributed by atoms with E-state index >= 15 is 0 Å². The first-order valence-electron chi connectivity index (χ1n) is 7.88. The van der Waals surface area contributed by atoms with E-state index in [0.717, 1.165) is 5.56 Å². The maximum absolute atomic E-state index is 14.1. The molecule has 2 aromatic carbocycles. The van der Waals surface area contributed by atoms with Gasteiger partial charge >= 0.3 is 0 Å². The van der Waals surface area contributed by atoms with E-state index in [-0.39, 0.29) is 30.4 Å². The molecule has 1 N–H and O–H groups in total. The molecule has 122 valence electrons. The van der Waals surface area contributed by atoms with E-state index in [9.17, 15) is 9.50 Å². The molecule has 4 heteroatoms. The minimum absolute atomic E-state index is 0.0538. The first-order valence-corrected chi connectivity index (χ1v) is 7.88. The predicted octanol–water partition coefficient (Wildman–Crippen LogP) is 3.13. The molecule has 23 heavy (non-hydrogen) atoms. The van der Waals surface area contributed by atoms with Crippen LogP contribution in [0.1, 0.15) is 17.0 Å². The molecular formula is C19H21FO3. The van der Waals surface area contributed by atoms with Gasteiger partial charge in [0.2, 0.25) is 0 Å². The molecule has 3 atom stereocenters. The van der Waals surface area contributed by atoms with Gasteiger partial charge in [-0.3, -0.25) is 0 Å². The van der Waals surface area contributed by atoms with E-state index in [1.54, 1.807) is 18.2 Å². The summed E-state index contributed by atoms with van der Waals surface area (Å²) in [6.07, 6.45) is -0.251. The summed E-state index contributed by atoms with van der Waals surface area (Å²) in [6, 6.07) is 16.5. The van der Waals surface area contributed by atoms with Crippen molar-refractivity contribution in [1.29, 1.82) is 0 Å². The summed E-state index contributed by atoms with van der Waals surface area (Å²) in [4.78, 5) is 0. The Bertz CT molecular complexity index is 617. The van der Waals surface area contributed by atoms with Gasteiger partial charge in [-0.2, -0.15) is 0 Å². The quantitative estimate of drug-likeness (QED) is 0.921. The first-order chi connectivity index (χ1) is 11.3. The molecule has 0 saturated carbocycles. The van der Waals surface area contributed by atoms with E-state index in [1.165, 1.54) is 6.07 Å². The minimum atomic E-state index is -0.261. The lowest BCUT2D eigenvalue weighted by Crippen LogP contribution is -2.42. The van der Waals surface area contributed by atoms with Gasteiger partial charge in [0.1, 0.15) is 5.82 Å². The molecule has 1 fully saturated rings. The van der Waals surface area contributed by atoms with Gasteiger partial charge in [-0.05, 0) is 17.2 Å². The zero-order chi connectivity index (χ0) is 16.1. The largest absolute Gasteiger partial charge is 0.396 e. The van der Waals surface area contributed by atoms with E-state index in [4.69, 9.17) is 9.47 Å². The number of benzene rings is 2. The van der Waals surface area contributed by atoms with Crippen LogP contribution in [-0.2, 0) is 16.1 Å². The molecule has 0 amide bonds. The van der Waals surface area contributed by atoms with Gasteiger partial charge in [-0.1, -0.05) is 48.5 Å². The lowest BCUT2D eigenvalue weighted by Gasteiger charge is -2.37. The highest BCUT2D eigenvalue weighted by molar-refractivity contribution is 5.23. The molecule has 3 rings (SSSR count). The van der Waals surface area contributed by atoms with Gasteiger partial charge in [0.05, 0.1) is 25.9 Å². The molecule has 1 heterocycles. The van der Waals surface area contributed by atoms with Crippen molar-refractivity contribution in [2.75, 3.05) is 19.8 Å². The molecule has 3 nitrogen and oxygen atoms in total. The third-order valence-electron chi connectivity index (χ3n) is 4.40. The summed E-state index contributed by atoms with van der Waals surface area (Å²) in [5, 5.41) is 9.82. The third-order valence-corrected chi connectivity index (χ3v) is 4.40. The second kappa shape index (κ2) is 7.68. The normalized spacial score (nSPS) is 24.5. The molecular weight excluding hydrogens is 295 g/mol. The zero-order valence-electron chi connectivity index (χ0n) is 12.9. The number of aliphatic hydroxyl groups is 1. The SMILES string of the molecule is OCC1C(OCc2ccccc2)COCC1c1ccccc1F. The molecule has 0 aliphatic carbocycles. The first kappa shape index (κ1) is 16.1. The van der Waals surface area contributed by atoms with Crippen molar-refractivity contribution in [2.24, 2.45) is 5.92 Å². The van der Waals surface area contributed by atoms with Crippen LogP contribution >= 0.6 is 0 Å². The third kappa shape index (κ3) is 3.78. The van der Waals surface area contributed by atoms with Gasteiger partial charge in [0.25, 0.3) is 0 Å². The van der Waals surface area contributed by atoms with Crippen LogP contribution in [0.2, 0.25) is 0 Å². The van der Waals surface area contributed by atoms with Crippen molar-refractivity contribution < 1.29 is 19.0 Å². The van der Waals surface area contributed by atoms with Crippen LogP contribution in [-0.4, -0.2) is 31.0 Å². The zero-order valence-corrected chi connectivity index (χ0v) is 12.9. The number of hydrogen-bond donors (Lipinski definition) is 1. The monoisotopic (exact) mass is 316 g/mol. The number of hydrogen-bond acceptors (Lipinski definition) is 3. The Labute approximate surface area is 135 Å². The predicted molar refractivity (Wildman–Crippen MR) is 85.6 cm³/mol. The molecule has 0 radical (unpaired) electrons. The second-order valence-electron chi connectivity index (χ2n) is 5.85. The molecule has 0 aromatic heterocycles. The summed E-state index contributed by atoms with van der Waals surface area (Å²) < 4.78 is 25.7. The van der Waals surface area contributed by atoms with E-state index in [2.05, 4.69) is 0 Å². The van der Waals surface area contributed by atoms with E-state index in [1.807, 2.05) is 30.3 Å². The standard InChI is InChI=1S/C19H21FO3/c20-18-9-5-4-8-15(18)17-12-22-13-19(16(17)10-21)23-11-14-6-2-1-3-7-14/h1-9,16-17,19,21H,10-13H2. The fourth-order valence-corrected chi connectivity index (χ4v) is 3.11. The Hall–Kier alpha value is -1.75. The van der Waals surface area contributed by atoms with Crippen LogP contribution in [0.15, 0.2) is 54.6 Å². The maximum atomic E-state index is 14.1. The van der Waals surface area contributed by atoms with E-state index in [0.29, 0.717) is 25.4 Å². The average Bonchev–Trinajstić information content (AvgIpc) is 2.61. The lowest BCUT2D eigenvalue weighted by atomic mass is 9.81.